The highest BCUT2D eigenvalue weighted by Gasteiger charge is 2.13. The molecule has 9 heteroatoms. The van der Waals surface area contributed by atoms with E-state index in [-0.39, 0.29) is 18.3 Å². The number of hydrogen-bond acceptors (Lipinski definition) is 4. The zero-order valence-electron chi connectivity index (χ0n) is 12.7. The molecule has 0 spiro atoms. The summed E-state index contributed by atoms with van der Waals surface area (Å²) in [5.41, 5.74) is -1.49. The van der Waals surface area contributed by atoms with Gasteiger partial charge in [-0.3, -0.25) is 14.6 Å². The fraction of sp³-hybridized carbons (Fsp3) is 0.267. The Morgan fingerprint density at radius 1 is 1.25 bits per heavy atom. The summed E-state index contributed by atoms with van der Waals surface area (Å²) in [6.45, 7) is 2.04. The Balaban J connectivity index is 1.89. The quantitative estimate of drug-likeness (QED) is 0.721. The molecule has 2 rings (SSSR count). The molecule has 1 aromatic carbocycles. The van der Waals surface area contributed by atoms with Crippen molar-refractivity contribution in [3.8, 4) is 5.75 Å². The minimum absolute atomic E-state index is 0.106. The highest BCUT2D eigenvalue weighted by Crippen LogP contribution is 2.32. The first-order valence-corrected chi connectivity index (χ1v) is 7.83. The highest BCUT2D eigenvalue weighted by atomic mass is 35.5. The van der Waals surface area contributed by atoms with Gasteiger partial charge in [-0.25, -0.2) is 4.79 Å². The van der Waals surface area contributed by atoms with Crippen molar-refractivity contribution >= 4 is 29.1 Å². The summed E-state index contributed by atoms with van der Waals surface area (Å²) < 4.78 is 5.54. The van der Waals surface area contributed by atoms with Gasteiger partial charge >= 0.3 is 5.69 Å². The molecule has 1 heterocycles. The Bertz CT molecular complexity index is 799. The normalized spacial score (nSPS) is 11.8. The van der Waals surface area contributed by atoms with Crippen LogP contribution in [0.15, 0.2) is 33.9 Å². The number of carbonyl (C=O) groups is 1. The summed E-state index contributed by atoms with van der Waals surface area (Å²) in [6, 6.07) is 5.79. The third kappa shape index (κ3) is 4.87. The first kappa shape index (κ1) is 18.1. The van der Waals surface area contributed by atoms with Gasteiger partial charge in [-0.2, -0.15) is 0 Å². The lowest BCUT2D eigenvalue weighted by molar-refractivity contribution is 0.0929. The molecule has 24 heavy (non-hydrogen) atoms. The van der Waals surface area contributed by atoms with Crippen LogP contribution in [0.25, 0.3) is 0 Å². The minimum atomic E-state index is -0.739. The molecule has 0 aliphatic carbocycles. The Kier molecular flexibility index (Phi) is 6.05. The predicted octanol–water partition coefficient (Wildman–Crippen LogP) is 1.96. The van der Waals surface area contributed by atoms with Gasteiger partial charge in [0.25, 0.3) is 11.5 Å². The van der Waals surface area contributed by atoms with Gasteiger partial charge in [-0.15, -0.1) is 0 Å². The molecule has 1 unspecified atom stereocenters. The van der Waals surface area contributed by atoms with Crippen molar-refractivity contribution in [2.45, 2.75) is 19.4 Å². The van der Waals surface area contributed by atoms with Crippen LogP contribution in [0.2, 0.25) is 10.0 Å². The maximum atomic E-state index is 12.0. The number of hydrogen-bond donors (Lipinski definition) is 3. The van der Waals surface area contributed by atoms with Crippen LogP contribution >= 0.6 is 23.2 Å². The fourth-order valence-corrected chi connectivity index (χ4v) is 2.43. The van der Waals surface area contributed by atoms with Crippen molar-refractivity contribution in [2.24, 2.45) is 0 Å². The largest absolute Gasteiger partial charge is 0.490 e. The van der Waals surface area contributed by atoms with Gasteiger partial charge in [-0.1, -0.05) is 29.3 Å². The molecule has 0 radical (unpaired) electrons. The molecule has 1 atom stereocenters. The van der Waals surface area contributed by atoms with Crippen LogP contribution in [0.5, 0.6) is 5.75 Å². The van der Waals surface area contributed by atoms with Crippen LogP contribution in [0.4, 0.5) is 0 Å². The third-order valence-corrected chi connectivity index (χ3v) is 3.69. The molecule has 0 saturated carbocycles. The smallest absolute Gasteiger partial charge is 0.326 e. The average molecular weight is 372 g/mol. The molecular formula is C15H15Cl2N3O4. The van der Waals surface area contributed by atoms with Crippen molar-refractivity contribution in [1.29, 1.82) is 0 Å². The molecule has 0 bridgehead atoms. The van der Waals surface area contributed by atoms with E-state index >= 15 is 0 Å². The standard InChI is InChI=1S/C15H15Cl2N3O4/c1-8(5-6-24-13-9(16)3-2-4-10(13)17)18-14(22)11-7-12(21)20-15(23)19-11/h2-4,7-8H,5-6H2,1H3,(H,18,22)(H2,19,20,21,23). The molecule has 7 nitrogen and oxygen atoms in total. The number of amides is 1. The second-order valence-electron chi connectivity index (χ2n) is 5.06. The van der Waals surface area contributed by atoms with Gasteiger partial charge in [0.1, 0.15) is 5.69 Å². The fourth-order valence-electron chi connectivity index (χ4n) is 1.92. The van der Waals surface area contributed by atoms with Crippen molar-refractivity contribution in [2.75, 3.05) is 6.61 Å². The SMILES string of the molecule is CC(CCOc1c(Cl)cccc1Cl)NC(=O)c1cc(=O)[nH]c(=O)[nH]1. The molecule has 0 fully saturated rings. The molecule has 128 valence electrons. The zero-order valence-corrected chi connectivity index (χ0v) is 14.2. The molecular weight excluding hydrogens is 357 g/mol. The predicted molar refractivity (Wildman–Crippen MR) is 91.2 cm³/mol. The highest BCUT2D eigenvalue weighted by molar-refractivity contribution is 6.37. The number of ether oxygens (including phenoxy) is 1. The third-order valence-electron chi connectivity index (χ3n) is 3.10. The Morgan fingerprint density at radius 2 is 1.92 bits per heavy atom. The van der Waals surface area contributed by atoms with E-state index in [4.69, 9.17) is 27.9 Å². The number of aromatic nitrogens is 2. The summed E-state index contributed by atoms with van der Waals surface area (Å²) in [7, 11) is 0. The van der Waals surface area contributed by atoms with E-state index in [2.05, 4.69) is 10.3 Å². The number of rotatable bonds is 6. The van der Waals surface area contributed by atoms with E-state index in [9.17, 15) is 14.4 Å². The maximum Gasteiger partial charge on any atom is 0.326 e. The first-order valence-electron chi connectivity index (χ1n) is 7.08. The molecule has 3 N–H and O–H groups in total. The minimum Gasteiger partial charge on any atom is -0.490 e. The lowest BCUT2D eigenvalue weighted by Crippen LogP contribution is -2.36. The number of H-pyrrole nitrogens is 2. The van der Waals surface area contributed by atoms with Crippen molar-refractivity contribution in [3.05, 3.63) is 60.8 Å². The molecule has 1 amide bonds. The molecule has 0 aliphatic heterocycles. The van der Waals surface area contributed by atoms with Gasteiger partial charge in [0, 0.05) is 18.5 Å². The van der Waals surface area contributed by atoms with Crippen molar-refractivity contribution < 1.29 is 9.53 Å². The Labute approximate surface area is 147 Å². The van der Waals surface area contributed by atoms with Crippen LogP contribution < -0.4 is 21.3 Å². The molecule has 0 aliphatic rings. The number of benzene rings is 1. The van der Waals surface area contributed by atoms with Gasteiger partial charge in [0.15, 0.2) is 5.75 Å². The average Bonchev–Trinajstić information content (AvgIpc) is 2.49. The lowest BCUT2D eigenvalue weighted by atomic mass is 10.2. The Morgan fingerprint density at radius 3 is 2.54 bits per heavy atom. The van der Waals surface area contributed by atoms with Gasteiger partial charge < -0.3 is 15.0 Å². The topological polar surface area (TPSA) is 104 Å². The van der Waals surface area contributed by atoms with Crippen LogP contribution in [-0.2, 0) is 0 Å². The monoisotopic (exact) mass is 371 g/mol. The van der Waals surface area contributed by atoms with Crippen molar-refractivity contribution in [3.63, 3.8) is 0 Å². The van der Waals surface area contributed by atoms with E-state index in [0.717, 1.165) is 6.07 Å². The summed E-state index contributed by atoms with van der Waals surface area (Å²) in [5.74, 6) is -0.167. The number of nitrogens with one attached hydrogen (secondary N) is 3. The number of aromatic amines is 2. The number of halogens is 2. The summed E-state index contributed by atoms with van der Waals surface area (Å²) >= 11 is 12.0. The van der Waals surface area contributed by atoms with Crippen LogP contribution in [0.1, 0.15) is 23.8 Å². The summed E-state index contributed by atoms with van der Waals surface area (Å²) in [4.78, 5) is 38.6. The lowest BCUT2D eigenvalue weighted by Gasteiger charge is -2.15. The van der Waals surface area contributed by atoms with Gasteiger partial charge in [0.2, 0.25) is 0 Å². The first-order chi connectivity index (χ1) is 11.4. The second kappa shape index (κ2) is 8.03. The van der Waals surface area contributed by atoms with E-state index in [0.29, 0.717) is 22.2 Å². The summed E-state index contributed by atoms with van der Waals surface area (Å²) in [5, 5.41) is 3.46. The molecule has 0 saturated heterocycles. The van der Waals surface area contributed by atoms with Crippen molar-refractivity contribution in [1.82, 2.24) is 15.3 Å². The van der Waals surface area contributed by atoms with Crippen LogP contribution in [0.3, 0.4) is 0 Å². The van der Waals surface area contributed by atoms with Crippen LogP contribution in [0, 0.1) is 0 Å². The summed E-state index contributed by atoms with van der Waals surface area (Å²) in [6.07, 6.45) is 0.473. The van der Waals surface area contributed by atoms with E-state index in [1.807, 2.05) is 4.98 Å². The zero-order chi connectivity index (χ0) is 17.7. The Hall–Kier alpha value is -2.25. The van der Waals surface area contributed by atoms with E-state index < -0.39 is 17.2 Å². The van der Waals surface area contributed by atoms with E-state index in [1.54, 1.807) is 25.1 Å². The van der Waals surface area contributed by atoms with Gasteiger partial charge in [-0.05, 0) is 19.1 Å². The molecule has 2 aromatic rings. The number of carbonyl (C=O) groups excluding carboxylic acids is 1. The van der Waals surface area contributed by atoms with E-state index in [1.165, 1.54) is 0 Å². The second-order valence-corrected chi connectivity index (χ2v) is 5.88. The number of para-hydroxylation sites is 1. The van der Waals surface area contributed by atoms with Crippen LogP contribution in [-0.4, -0.2) is 28.5 Å². The maximum absolute atomic E-state index is 12.0. The molecule has 1 aromatic heterocycles. The van der Waals surface area contributed by atoms with Gasteiger partial charge in [0.05, 0.1) is 16.7 Å².